The Morgan fingerprint density at radius 3 is 2.32 bits per heavy atom. The first-order chi connectivity index (χ1) is 11.9. The van der Waals surface area contributed by atoms with Crippen molar-refractivity contribution < 1.29 is 14.0 Å². The average Bonchev–Trinajstić information content (AvgIpc) is 2.99. The molecule has 1 N–H and O–H groups in total. The van der Waals surface area contributed by atoms with Crippen molar-refractivity contribution in [1.29, 1.82) is 0 Å². The summed E-state index contributed by atoms with van der Waals surface area (Å²) in [4.78, 5) is 25.6. The zero-order valence-corrected chi connectivity index (χ0v) is 15.2. The first kappa shape index (κ1) is 16.7. The van der Waals surface area contributed by atoms with Crippen LogP contribution in [0.25, 0.3) is 0 Å². The summed E-state index contributed by atoms with van der Waals surface area (Å²) in [5.74, 6) is 3.50. The van der Waals surface area contributed by atoms with Crippen molar-refractivity contribution >= 4 is 11.8 Å². The number of rotatable bonds is 5. The lowest BCUT2D eigenvalue weighted by molar-refractivity contribution is -0.119. The quantitative estimate of drug-likeness (QED) is 0.892. The lowest BCUT2D eigenvalue weighted by Gasteiger charge is -2.57. The Labute approximate surface area is 149 Å². The Morgan fingerprint density at radius 1 is 1.16 bits per heavy atom. The molecule has 4 aliphatic rings. The van der Waals surface area contributed by atoms with Crippen LogP contribution in [0.4, 0.5) is 0 Å². The van der Waals surface area contributed by atoms with Gasteiger partial charge in [0.2, 0.25) is 5.91 Å². The van der Waals surface area contributed by atoms with Crippen molar-refractivity contribution in [3.05, 3.63) is 23.7 Å². The molecule has 1 aromatic heterocycles. The fraction of sp³-hybridized carbons (Fsp3) is 0.700. The third-order valence-electron chi connectivity index (χ3n) is 6.47. The van der Waals surface area contributed by atoms with Crippen LogP contribution in [-0.4, -0.2) is 30.3 Å². The maximum atomic E-state index is 12.8. The molecule has 136 valence electrons. The van der Waals surface area contributed by atoms with E-state index in [2.05, 4.69) is 5.32 Å². The maximum absolute atomic E-state index is 12.8. The number of furan rings is 1. The van der Waals surface area contributed by atoms with E-state index in [4.69, 9.17) is 4.42 Å². The van der Waals surface area contributed by atoms with Crippen molar-refractivity contribution in [3.63, 3.8) is 0 Å². The van der Waals surface area contributed by atoms with E-state index in [9.17, 15) is 9.59 Å². The van der Waals surface area contributed by atoms with Crippen LogP contribution in [0.1, 0.15) is 61.8 Å². The van der Waals surface area contributed by atoms with Crippen molar-refractivity contribution in [2.45, 2.75) is 52.0 Å². The standard InChI is InChI=1S/C20H28N2O3/c1-13(23)21-11-17-3-4-18(25-17)19(24)22(2)12-20-8-14-5-15(9-20)7-16(6-14)10-20/h3-4,14-16H,5-12H2,1-2H3,(H,21,23). The molecule has 0 unspecified atom stereocenters. The van der Waals surface area contributed by atoms with E-state index < -0.39 is 0 Å². The molecule has 5 heteroatoms. The van der Waals surface area contributed by atoms with Gasteiger partial charge in [-0.05, 0) is 73.8 Å². The first-order valence-electron chi connectivity index (χ1n) is 9.51. The second-order valence-electron chi connectivity index (χ2n) is 8.75. The topological polar surface area (TPSA) is 62.6 Å². The van der Waals surface area contributed by atoms with Crippen LogP contribution in [0.3, 0.4) is 0 Å². The zero-order valence-electron chi connectivity index (χ0n) is 15.2. The fourth-order valence-corrected chi connectivity index (χ4v) is 6.05. The number of nitrogens with zero attached hydrogens (tertiary/aromatic N) is 1. The van der Waals surface area contributed by atoms with Crippen LogP contribution in [0, 0.1) is 23.2 Å². The molecule has 1 heterocycles. The molecule has 4 saturated carbocycles. The summed E-state index contributed by atoms with van der Waals surface area (Å²) in [6, 6.07) is 3.48. The van der Waals surface area contributed by atoms with E-state index in [-0.39, 0.29) is 11.8 Å². The molecule has 25 heavy (non-hydrogen) atoms. The minimum atomic E-state index is -0.108. The van der Waals surface area contributed by atoms with Crippen molar-refractivity contribution in [3.8, 4) is 0 Å². The van der Waals surface area contributed by atoms with Gasteiger partial charge in [-0.15, -0.1) is 0 Å². The Hall–Kier alpha value is -1.78. The van der Waals surface area contributed by atoms with E-state index in [1.165, 1.54) is 45.4 Å². The van der Waals surface area contributed by atoms with E-state index >= 15 is 0 Å². The number of carbonyl (C=O) groups excluding carboxylic acids is 2. The number of carbonyl (C=O) groups is 2. The van der Waals surface area contributed by atoms with Gasteiger partial charge in [-0.2, -0.15) is 0 Å². The molecule has 0 spiro atoms. The second kappa shape index (κ2) is 6.19. The number of amides is 2. The molecule has 2 amide bonds. The predicted octanol–water partition coefficient (Wildman–Crippen LogP) is 3.20. The summed E-state index contributed by atoms with van der Waals surface area (Å²) < 4.78 is 5.63. The zero-order chi connectivity index (χ0) is 17.6. The molecule has 1 aromatic rings. The van der Waals surface area contributed by atoms with Crippen LogP contribution in [0.5, 0.6) is 0 Å². The van der Waals surface area contributed by atoms with Gasteiger partial charge in [0.05, 0.1) is 6.54 Å². The Bertz CT molecular complexity index is 643. The average molecular weight is 344 g/mol. The van der Waals surface area contributed by atoms with Crippen LogP contribution in [-0.2, 0) is 11.3 Å². The van der Waals surface area contributed by atoms with E-state index in [1.807, 2.05) is 11.9 Å². The molecule has 4 bridgehead atoms. The highest BCUT2D eigenvalue weighted by atomic mass is 16.4. The maximum Gasteiger partial charge on any atom is 0.289 e. The minimum Gasteiger partial charge on any atom is -0.454 e. The van der Waals surface area contributed by atoms with Crippen LogP contribution >= 0.6 is 0 Å². The van der Waals surface area contributed by atoms with Crippen molar-refractivity contribution in [1.82, 2.24) is 10.2 Å². The van der Waals surface area contributed by atoms with Crippen LogP contribution in [0.2, 0.25) is 0 Å². The summed E-state index contributed by atoms with van der Waals surface area (Å²) >= 11 is 0. The highest BCUT2D eigenvalue weighted by Crippen LogP contribution is 2.60. The molecule has 5 nitrogen and oxygen atoms in total. The molecule has 4 fully saturated rings. The normalized spacial score (nSPS) is 32.6. The molecular formula is C20H28N2O3. The Morgan fingerprint density at radius 2 is 1.76 bits per heavy atom. The van der Waals surface area contributed by atoms with Gasteiger partial charge < -0.3 is 14.6 Å². The second-order valence-corrected chi connectivity index (χ2v) is 8.75. The molecular weight excluding hydrogens is 316 g/mol. The van der Waals surface area contributed by atoms with Gasteiger partial charge in [-0.3, -0.25) is 9.59 Å². The predicted molar refractivity (Wildman–Crippen MR) is 93.8 cm³/mol. The van der Waals surface area contributed by atoms with Crippen LogP contribution < -0.4 is 5.32 Å². The van der Waals surface area contributed by atoms with Gasteiger partial charge >= 0.3 is 0 Å². The van der Waals surface area contributed by atoms with Crippen molar-refractivity contribution in [2.24, 2.45) is 23.2 Å². The lowest BCUT2D eigenvalue weighted by Crippen LogP contribution is -2.51. The lowest BCUT2D eigenvalue weighted by atomic mass is 9.49. The highest BCUT2D eigenvalue weighted by Gasteiger charge is 2.51. The third-order valence-corrected chi connectivity index (χ3v) is 6.47. The molecule has 0 aromatic carbocycles. The van der Waals surface area contributed by atoms with Gasteiger partial charge in [-0.25, -0.2) is 0 Å². The summed E-state index contributed by atoms with van der Waals surface area (Å²) in [5, 5.41) is 2.69. The number of hydrogen-bond acceptors (Lipinski definition) is 3. The molecule has 0 atom stereocenters. The van der Waals surface area contributed by atoms with Gasteiger partial charge in [-0.1, -0.05) is 0 Å². The largest absolute Gasteiger partial charge is 0.454 e. The van der Waals surface area contributed by atoms with Gasteiger partial charge in [0.1, 0.15) is 5.76 Å². The van der Waals surface area contributed by atoms with Gasteiger partial charge in [0.25, 0.3) is 5.91 Å². The van der Waals surface area contributed by atoms with E-state index in [1.54, 1.807) is 12.1 Å². The monoisotopic (exact) mass is 344 g/mol. The molecule has 0 radical (unpaired) electrons. The SMILES string of the molecule is CC(=O)NCc1ccc(C(=O)N(C)CC23CC4CC(CC(C4)C2)C3)o1. The fourth-order valence-electron chi connectivity index (χ4n) is 6.05. The Kier molecular flexibility index (Phi) is 4.13. The highest BCUT2D eigenvalue weighted by molar-refractivity contribution is 5.91. The number of hydrogen-bond donors (Lipinski definition) is 1. The third kappa shape index (κ3) is 3.33. The Balaban J connectivity index is 1.40. The summed E-state index contributed by atoms with van der Waals surface area (Å²) in [6.07, 6.45) is 8.14. The smallest absolute Gasteiger partial charge is 0.289 e. The first-order valence-corrected chi connectivity index (χ1v) is 9.51. The summed E-state index contributed by atoms with van der Waals surface area (Å²) in [7, 11) is 1.90. The summed E-state index contributed by atoms with van der Waals surface area (Å²) in [6.45, 7) is 2.63. The molecule has 4 aliphatic carbocycles. The summed E-state index contributed by atoms with van der Waals surface area (Å²) in [5.41, 5.74) is 0.338. The van der Waals surface area contributed by atoms with Gasteiger partial charge in [0.15, 0.2) is 5.76 Å². The van der Waals surface area contributed by atoms with E-state index in [0.717, 1.165) is 24.3 Å². The van der Waals surface area contributed by atoms with Crippen molar-refractivity contribution in [2.75, 3.05) is 13.6 Å². The minimum absolute atomic E-state index is 0.0511. The van der Waals surface area contributed by atoms with Gasteiger partial charge in [0, 0.05) is 20.5 Å². The number of nitrogens with one attached hydrogen (secondary N) is 1. The molecule has 0 saturated heterocycles. The molecule has 0 aliphatic heterocycles. The van der Waals surface area contributed by atoms with Crippen LogP contribution in [0.15, 0.2) is 16.5 Å². The molecule has 5 rings (SSSR count). The van der Waals surface area contributed by atoms with E-state index in [0.29, 0.717) is 23.5 Å².